The van der Waals surface area contributed by atoms with Gasteiger partial charge in [-0.15, -0.1) is 0 Å². The molecule has 1 spiro atoms. The van der Waals surface area contributed by atoms with Gasteiger partial charge in [0.05, 0.1) is 6.61 Å². The standard InChI is InChI=1S/C20H29N3O2/c1-15-5-3-4-6-17(15)10-22-12-20(13-22)14-23(9-16-7-8-16)18(11-25-20)19(24)21-2/h3-6,16,18H,7-14H2,1-2H3,(H,21,24)/t18-/m0/s1. The minimum Gasteiger partial charge on any atom is -0.369 e. The number of carbonyl (C=O) groups excluding carboxylic acids is 1. The van der Waals surface area contributed by atoms with Crippen molar-refractivity contribution in [2.24, 2.45) is 5.92 Å². The van der Waals surface area contributed by atoms with Gasteiger partial charge in [-0.1, -0.05) is 24.3 Å². The quantitative estimate of drug-likeness (QED) is 0.878. The normalized spacial score (nSPS) is 26.4. The lowest BCUT2D eigenvalue weighted by Gasteiger charge is -2.55. The van der Waals surface area contributed by atoms with E-state index in [0.29, 0.717) is 6.61 Å². The first-order valence-corrected chi connectivity index (χ1v) is 9.45. The van der Waals surface area contributed by atoms with Gasteiger partial charge in [0, 0.05) is 39.8 Å². The van der Waals surface area contributed by atoms with Gasteiger partial charge in [0.25, 0.3) is 0 Å². The zero-order valence-electron chi connectivity index (χ0n) is 15.3. The van der Waals surface area contributed by atoms with E-state index >= 15 is 0 Å². The molecule has 5 nitrogen and oxygen atoms in total. The fraction of sp³-hybridized carbons (Fsp3) is 0.650. The number of amides is 1. The second kappa shape index (κ2) is 6.71. The molecule has 1 aromatic rings. The van der Waals surface area contributed by atoms with Crippen molar-refractivity contribution in [2.75, 3.05) is 39.8 Å². The van der Waals surface area contributed by atoms with Crippen LogP contribution in [0.5, 0.6) is 0 Å². The van der Waals surface area contributed by atoms with E-state index in [-0.39, 0.29) is 17.6 Å². The Morgan fingerprint density at radius 1 is 1.28 bits per heavy atom. The molecule has 0 radical (unpaired) electrons. The third kappa shape index (κ3) is 3.59. The van der Waals surface area contributed by atoms with Crippen molar-refractivity contribution < 1.29 is 9.53 Å². The van der Waals surface area contributed by atoms with Crippen molar-refractivity contribution in [1.29, 1.82) is 0 Å². The van der Waals surface area contributed by atoms with Crippen LogP contribution in [0.1, 0.15) is 24.0 Å². The van der Waals surface area contributed by atoms with Crippen LogP contribution in [0.2, 0.25) is 0 Å². The Morgan fingerprint density at radius 3 is 2.72 bits per heavy atom. The van der Waals surface area contributed by atoms with Gasteiger partial charge in [0.1, 0.15) is 11.6 Å². The molecular formula is C20H29N3O2. The van der Waals surface area contributed by atoms with Crippen molar-refractivity contribution in [1.82, 2.24) is 15.1 Å². The molecular weight excluding hydrogens is 314 g/mol. The van der Waals surface area contributed by atoms with Crippen molar-refractivity contribution >= 4 is 5.91 Å². The monoisotopic (exact) mass is 343 g/mol. The van der Waals surface area contributed by atoms with E-state index in [1.54, 1.807) is 7.05 Å². The van der Waals surface area contributed by atoms with Gasteiger partial charge in [-0.3, -0.25) is 14.6 Å². The molecule has 25 heavy (non-hydrogen) atoms. The molecule has 1 amide bonds. The number of carbonyl (C=O) groups is 1. The van der Waals surface area contributed by atoms with Crippen molar-refractivity contribution in [3.8, 4) is 0 Å². The highest BCUT2D eigenvalue weighted by Crippen LogP contribution is 2.36. The molecule has 5 heteroatoms. The van der Waals surface area contributed by atoms with Gasteiger partial charge in [-0.2, -0.15) is 0 Å². The summed E-state index contributed by atoms with van der Waals surface area (Å²) in [6, 6.07) is 8.47. The minimum absolute atomic E-state index is 0.0813. The summed E-state index contributed by atoms with van der Waals surface area (Å²) in [6.45, 7) is 7.52. The molecule has 0 unspecified atom stereocenters. The minimum atomic E-state index is -0.123. The van der Waals surface area contributed by atoms with E-state index in [9.17, 15) is 4.79 Å². The average Bonchev–Trinajstić information content (AvgIpc) is 3.39. The molecule has 0 aromatic heterocycles. The molecule has 1 N–H and O–H groups in total. The summed E-state index contributed by atoms with van der Waals surface area (Å²) in [5.74, 6) is 0.872. The molecule has 3 aliphatic rings. The van der Waals surface area contributed by atoms with Crippen LogP contribution >= 0.6 is 0 Å². The molecule has 0 bridgehead atoms. The zero-order valence-corrected chi connectivity index (χ0v) is 15.3. The number of benzene rings is 1. The molecule has 3 fully saturated rings. The van der Waals surface area contributed by atoms with Crippen LogP contribution in [0.3, 0.4) is 0 Å². The molecule has 136 valence electrons. The second-order valence-corrected chi connectivity index (χ2v) is 8.07. The summed E-state index contributed by atoms with van der Waals surface area (Å²) in [4.78, 5) is 17.0. The van der Waals surface area contributed by atoms with Crippen molar-refractivity contribution in [3.05, 3.63) is 35.4 Å². The van der Waals surface area contributed by atoms with Gasteiger partial charge in [0.2, 0.25) is 5.91 Å². The van der Waals surface area contributed by atoms with Gasteiger partial charge in [-0.25, -0.2) is 0 Å². The van der Waals surface area contributed by atoms with Crippen LogP contribution in [-0.2, 0) is 16.1 Å². The maximum absolute atomic E-state index is 12.2. The Kier molecular flexibility index (Phi) is 4.56. The lowest BCUT2D eigenvalue weighted by Crippen LogP contribution is -2.72. The SMILES string of the molecule is CNC(=O)[C@@H]1COC2(CN(Cc3ccccc3C)C2)CN1CC1CC1. The van der Waals surface area contributed by atoms with Crippen LogP contribution < -0.4 is 5.32 Å². The maximum Gasteiger partial charge on any atom is 0.239 e. The number of hydrogen-bond acceptors (Lipinski definition) is 4. The number of ether oxygens (including phenoxy) is 1. The van der Waals surface area contributed by atoms with E-state index in [2.05, 4.69) is 46.3 Å². The first-order chi connectivity index (χ1) is 12.1. The molecule has 1 saturated carbocycles. The van der Waals surface area contributed by atoms with E-state index in [0.717, 1.165) is 38.6 Å². The van der Waals surface area contributed by atoms with Crippen molar-refractivity contribution in [3.63, 3.8) is 0 Å². The fourth-order valence-electron chi connectivity index (χ4n) is 4.22. The van der Waals surface area contributed by atoms with Crippen LogP contribution in [0, 0.1) is 12.8 Å². The Labute approximate surface area is 150 Å². The Balaban J connectivity index is 1.37. The summed E-state index contributed by atoms with van der Waals surface area (Å²) >= 11 is 0. The highest BCUT2D eigenvalue weighted by atomic mass is 16.5. The summed E-state index contributed by atoms with van der Waals surface area (Å²) in [7, 11) is 1.72. The molecule has 1 aromatic carbocycles. The number of nitrogens with zero attached hydrogens (tertiary/aromatic N) is 2. The summed E-state index contributed by atoms with van der Waals surface area (Å²) in [5, 5.41) is 2.80. The lowest BCUT2D eigenvalue weighted by molar-refractivity contribution is -0.203. The average molecular weight is 343 g/mol. The first kappa shape index (κ1) is 17.0. The molecule has 1 aliphatic carbocycles. The molecule has 2 heterocycles. The highest BCUT2D eigenvalue weighted by Gasteiger charge is 2.50. The molecule has 2 aliphatic heterocycles. The summed E-state index contributed by atoms with van der Waals surface area (Å²) < 4.78 is 6.22. The highest BCUT2D eigenvalue weighted by molar-refractivity contribution is 5.81. The first-order valence-electron chi connectivity index (χ1n) is 9.45. The smallest absolute Gasteiger partial charge is 0.239 e. The van der Waals surface area contributed by atoms with Gasteiger partial charge >= 0.3 is 0 Å². The van der Waals surface area contributed by atoms with Crippen LogP contribution in [-0.4, -0.2) is 67.2 Å². The van der Waals surface area contributed by atoms with Gasteiger partial charge in [-0.05, 0) is 36.8 Å². The van der Waals surface area contributed by atoms with E-state index in [4.69, 9.17) is 4.74 Å². The zero-order chi connectivity index (χ0) is 17.4. The molecule has 4 rings (SSSR count). The van der Waals surface area contributed by atoms with Gasteiger partial charge in [0.15, 0.2) is 0 Å². The second-order valence-electron chi connectivity index (χ2n) is 8.07. The Bertz CT molecular complexity index is 638. The Morgan fingerprint density at radius 2 is 2.04 bits per heavy atom. The number of rotatable bonds is 5. The van der Waals surface area contributed by atoms with E-state index in [1.807, 2.05) is 0 Å². The number of aryl methyl sites for hydroxylation is 1. The number of likely N-dealkylation sites (tertiary alicyclic amines) is 1. The van der Waals surface area contributed by atoms with Crippen LogP contribution in [0.25, 0.3) is 0 Å². The van der Waals surface area contributed by atoms with Gasteiger partial charge < -0.3 is 10.1 Å². The molecule has 2 saturated heterocycles. The number of hydrogen-bond donors (Lipinski definition) is 1. The number of likely N-dealkylation sites (N-methyl/N-ethyl adjacent to an activating group) is 1. The third-order valence-electron chi connectivity index (χ3n) is 5.90. The van der Waals surface area contributed by atoms with Crippen molar-refractivity contribution in [2.45, 2.75) is 38.0 Å². The predicted octanol–water partition coefficient (Wildman–Crippen LogP) is 1.41. The molecule has 1 atom stereocenters. The van der Waals surface area contributed by atoms with E-state index < -0.39 is 0 Å². The van der Waals surface area contributed by atoms with Crippen LogP contribution in [0.4, 0.5) is 0 Å². The third-order valence-corrected chi connectivity index (χ3v) is 5.90. The number of nitrogens with one attached hydrogen (secondary N) is 1. The fourth-order valence-corrected chi connectivity index (χ4v) is 4.22. The lowest BCUT2D eigenvalue weighted by atomic mass is 9.89. The van der Waals surface area contributed by atoms with E-state index in [1.165, 1.54) is 24.0 Å². The Hall–Kier alpha value is -1.43. The maximum atomic E-state index is 12.2. The summed E-state index contributed by atoms with van der Waals surface area (Å²) in [5.41, 5.74) is 2.66. The van der Waals surface area contributed by atoms with Crippen LogP contribution in [0.15, 0.2) is 24.3 Å². The topological polar surface area (TPSA) is 44.8 Å². The predicted molar refractivity (Wildman–Crippen MR) is 97.3 cm³/mol. The summed E-state index contributed by atoms with van der Waals surface area (Å²) in [6.07, 6.45) is 2.62. The largest absolute Gasteiger partial charge is 0.369 e. The number of morpholine rings is 1.